The van der Waals surface area contributed by atoms with E-state index in [0.29, 0.717) is 6.54 Å². The number of alkyl halides is 3. The molecule has 6 nitrogen and oxygen atoms in total. The Labute approximate surface area is 176 Å². The Hall–Kier alpha value is -3.75. The Morgan fingerprint density at radius 2 is 1.81 bits per heavy atom. The Bertz CT molecular complexity index is 1140. The maximum Gasteiger partial charge on any atom is 0.433 e. The van der Waals surface area contributed by atoms with Crippen LogP contribution in [0.1, 0.15) is 29.8 Å². The first-order valence-electron chi connectivity index (χ1n) is 9.59. The zero-order valence-electron chi connectivity index (χ0n) is 16.6. The number of anilines is 1. The smallest absolute Gasteiger partial charge is 0.363 e. The van der Waals surface area contributed by atoms with Gasteiger partial charge >= 0.3 is 6.18 Å². The van der Waals surface area contributed by atoms with Crippen molar-refractivity contribution >= 4 is 5.82 Å². The molecule has 1 atom stereocenters. The number of rotatable bonds is 6. The number of hydrogen-bond acceptors (Lipinski definition) is 5. The van der Waals surface area contributed by atoms with Gasteiger partial charge < -0.3 is 5.32 Å². The van der Waals surface area contributed by atoms with Gasteiger partial charge in [-0.1, -0.05) is 36.4 Å². The molecule has 0 saturated heterocycles. The molecule has 0 aliphatic carbocycles. The van der Waals surface area contributed by atoms with Gasteiger partial charge in [-0.05, 0) is 24.6 Å². The quantitative estimate of drug-likeness (QED) is 0.473. The molecule has 0 fully saturated rings. The van der Waals surface area contributed by atoms with E-state index in [4.69, 9.17) is 0 Å². The second kappa shape index (κ2) is 8.55. The predicted octanol–water partition coefficient (Wildman–Crippen LogP) is 4.98. The minimum Gasteiger partial charge on any atom is -0.363 e. The van der Waals surface area contributed by atoms with Crippen molar-refractivity contribution in [2.45, 2.75) is 25.7 Å². The second-order valence-corrected chi connectivity index (χ2v) is 7.00. The summed E-state index contributed by atoms with van der Waals surface area (Å²) >= 11 is 0. The molecule has 0 bridgehead atoms. The van der Waals surface area contributed by atoms with Crippen LogP contribution in [-0.2, 0) is 12.7 Å². The Balaban J connectivity index is 1.57. The highest BCUT2D eigenvalue weighted by atomic mass is 19.4. The van der Waals surface area contributed by atoms with Crippen molar-refractivity contribution in [1.29, 1.82) is 0 Å². The molecule has 0 spiro atoms. The van der Waals surface area contributed by atoms with Crippen LogP contribution in [0.4, 0.5) is 19.0 Å². The summed E-state index contributed by atoms with van der Waals surface area (Å²) in [6.07, 6.45) is 0.421. The third-order valence-corrected chi connectivity index (χ3v) is 4.62. The number of pyridine rings is 1. The number of hydrogen-bond donors (Lipinski definition) is 1. The third-order valence-electron chi connectivity index (χ3n) is 4.62. The maximum atomic E-state index is 13.4. The number of halogens is 3. The van der Waals surface area contributed by atoms with Gasteiger partial charge in [0.15, 0.2) is 11.5 Å². The molecule has 4 aromatic rings. The van der Waals surface area contributed by atoms with E-state index in [0.717, 1.165) is 17.2 Å². The van der Waals surface area contributed by atoms with Gasteiger partial charge in [0.1, 0.15) is 11.5 Å². The zero-order valence-corrected chi connectivity index (χ0v) is 16.6. The molecule has 1 N–H and O–H groups in total. The fraction of sp³-hybridized carbons (Fsp3) is 0.182. The van der Waals surface area contributed by atoms with E-state index in [1.807, 2.05) is 43.5 Å². The Morgan fingerprint density at radius 1 is 1.03 bits per heavy atom. The first kappa shape index (κ1) is 20.5. The molecule has 0 radical (unpaired) electrons. The van der Waals surface area contributed by atoms with E-state index in [1.165, 1.54) is 6.20 Å². The molecule has 0 amide bonds. The van der Waals surface area contributed by atoms with Crippen LogP contribution in [0.25, 0.3) is 11.5 Å². The van der Waals surface area contributed by atoms with Gasteiger partial charge in [0.2, 0.25) is 0 Å². The molecule has 31 heavy (non-hydrogen) atoms. The fourth-order valence-electron chi connectivity index (χ4n) is 3.04. The van der Waals surface area contributed by atoms with Crippen molar-refractivity contribution in [2.75, 3.05) is 5.32 Å². The minimum absolute atomic E-state index is 0.0614. The summed E-state index contributed by atoms with van der Waals surface area (Å²) in [6, 6.07) is 15.3. The highest BCUT2D eigenvalue weighted by molar-refractivity contribution is 5.53. The molecular formula is C22H19F3N6. The largest absolute Gasteiger partial charge is 0.433 e. The van der Waals surface area contributed by atoms with E-state index >= 15 is 0 Å². The molecule has 9 heteroatoms. The molecule has 1 aromatic carbocycles. The van der Waals surface area contributed by atoms with Crippen molar-refractivity contribution in [2.24, 2.45) is 0 Å². The Kier molecular flexibility index (Phi) is 5.66. The van der Waals surface area contributed by atoms with Crippen molar-refractivity contribution in [3.05, 3.63) is 90.0 Å². The summed E-state index contributed by atoms with van der Waals surface area (Å²) in [5.74, 6) is -0.0313. The molecule has 1 unspecified atom stereocenters. The molecule has 0 aliphatic rings. The van der Waals surface area contributed by atoms with Gasteiger partial charge in [0, 0.05) is 24.0 Å². The lowest BCUT2D eigenvalue weighted by Crippen LogP contribution is -2.14. The summed E-state index contributed by atoms with van der Waals surface area (Å²) in [6.45, 7) is 2.43. The second-order valence-electron chi connectivity index (χ2n) is 7.00. The minimum atomic E-state index is -4.60. The summed E-state index contributed by atoms with van der Waals surface area (Å²) in [5, 5.41) is 7.38. The van der Waals surface area contributed by atoms with Crippen LogP contribution < -0.4 is 5.32 Å². The summed E-state index contributed by atoms with van der Waals surface area (Å²) in [7, 11) is 0. The highest BCUT2D eigenvalue weighted by Gasteiger charge is 2.34. The van der Waals surface area contributed by atoms with Gasteiger partial charge in [-0.15, -0.1) is 0 Å². The average molecular weight is 424 g/mol. The molecule has 3 aromatic heterocycles. The maximum absolute atomic E-state index is 13.4. The molecule has 0 saturated carbocycles. The van der Waals surface area contributed by atoms with Crippen molar-refractivity contribution in [3.8, 4) is 11.5 Å². The van der Waals surface area contributed by atoms with Crippen molar-refractivity contribution in [1.82, 2.24) is 24.7 Å². The summed E-state index contributed by atoms with van der Waals surface area (Å²) < 4.78 is 41.9. The number of benzene rings is 1. The average Bonchev–Trinajstić information content (AvgIpc) is 3.23. The lowest BCUT2D eigenvalue weighted by molar-refractivity contribution is -0.141. The van der Waals surface area contributed by atoms with Gasteiger partial charge in [-0.2, -0.15) is 18.3 Å². The van der Waals surface area contributed by atoms with E-state index in [2.05, 4.69) is 25.4 Å². The van der Waals surface area contributed by atoms with Crippen LogP contribution in [0.5, 0.6) is 0 Å². The first-order chi connectivity index (χ1) is 14.9. The van der Waals surface area contributed by atoms with Crippen LogP contribution in [-0.4, -0.2) is 24.7 Å². The van der Waals surface area contributed by atoms with E-state index < -0.39 is 11.9 Å². The van der Waals surface area contributed by atoms with Gasteiger partial charge in [0.25, 0.3) is 0 Å². The normalized spacial score (nSPS) is 12.5. The molecule has 0 aliphatic heterocycles. The topological polar surface area (TPSA) is 68.5 Å². The fourth-order valence-corrected chi connectivity index (χ4v) is 3.04. The lowest BCUT2D eigenvalue weighted by atomic mass is 10.2. The van der Waals surface area contributed by atoms with Crippen molar-refractivity contribution < 1.29 is 13.2 Å². The van der Waals surface area contributed by atoms with Crippen LogP contribution >= 0.6 is 0 Å². The third kappa shape index (κ3) is 5.06. The van der Waals surface area contributed by atoms with Crippen LogP contribution in [0, 0.1) is 0 Å². The van der Waals surface area contributed by atoms with Gasteiger partial charge in [0.05, 0.1) is 18.8 Å². The zero-order chi connectivity index (χ0) is 21.8. The number of aromatic nitrogens is 5. The molecular weight excluding hydrogens is 405 g/mol. The number of nitrogens with zero attached hydrogens (tertiary/aromatic N) is 5. The lowest BCUT2D eigenvalue weighted by Gasteiger charge is -2.15. The highest BCUT2D eigenvalue weighted by Crippen LogP contribution is 2.31. The summed E-state index contributed by atoms with van der Waals surface area (Å²) in [5.41, 5.74) is 1.16. The van der Waals surface area contributed by atoms with Gasteiger partial charge in [-0.3, -0.25) is 9.67 Å². The van der Waals surface area contributed by atoms with Crippen LogP contribution in [0.15, 0.2) is 73.2 Å². The van der Waals surface area contributed by atoms with Crippen LogP contribution in [0.3, 0.4) is 0 Å². The predicted molar refractivity (Wildman–Crippen MR) is 110 cm³/mol. The van der Waals surface area contributed by atoms with Crippen molar-refractivity contribution in [3.63, 3.8) is 0 Å². The van der Waals surface area contributed by atoms with Gasteiger partial charge in [-0.25, -0.2) is 9.97 Å². The number of nitrogens with one attached hydrogen (secondary N) is 1. The monoisotopic (exact) mass is 424 g/mol. The molecule has 4 rings (SSSR count). The first-order valence-corrected chi connectivity index (χ1v) is 9.59. The SMILES string of the molecule is CC(Nc1cc(C(F)(F)F)nc(-c2ccccn2)n1)c1cnn(Cc2ccccc2)c1. The Morgan fingerprint density at radius 3 is 2.52 bits per heavy atom. The standard InChI is InChI=1S/C22H19F3N6/c1-15(17-12-27-31(14-17)13-16-7-3-2-4-8-16)28-20-11-19(22(23,24)25)29-21(30-20)18-9-5-6-10-26-18/h2-12,14-15H,13H2,1H3,(H,28,29,30). The van der Waals surface area contributed by atoms with Crippen LogP contribution in [0.2, 0.25) is 0 Å². The van der Waals surface area contributed by atoms with E-state index in [1.54, 1.807) is 29.1 Å². The van der Waals surface area contributed by atoms with E-state index in [9.17, 15) is 13.2 Å². The molecule has 158 valence electrons. The summed E-state index contributed by atoms with van der Waals surface area (Å²) in [4.78, 5) is 12.0. The van der Waals surface area contributed by atoms with E-state index in [-0.39, 0.29) is 23.4 Å². The molecule has 3 heterocycles.